The molecule has 0 heterocycles. The molecule has 0 aliphatic carbocycles. The van der Waals surface area contributed by atoms with Crippen LogP contribution in [0.4, 0.5) is 0 Å². The maximum atomic E-state index is 11.2. The van der Waals surface area contributed by atoms with Crippen LogP contribution in [0.15, 0.2) is 12.2 Å². The minimum absolute atomic E-state index is 0.251. The van der Waals surface area contributed by atoms with E-state index in [1.54, 1.807) is 13.8 Å². The van der Waals surface area contributed by atoms with Crippen LogP contribution in [0.5, 0.6) is 0 Å². The van der Waals surface area contributed by atoms with Crippen LogP contribution in [0.2, 0.25) is 12.6 Å². The van der Waals surface area contributed by atoms with Gasteiger partial charge in [-0.1, -0.05) is 27.4 Å². The largest absolute Gasteiger partial charge is 0.434 e. The predicted molar refractivity (Wildman–Crippen MR) is 67.3 cm³/mol. The van der Waals surface area contributed by atoms with E-state index in [1.165, 1.54) is 0 Å². The SMILES string of the molecule is C=C(C)C(=O)OC(C)O[Si](C)CC(C)(C)C. The zero-order valence-corrected chi connectivity index (χ0v) is 12.2. The van der Waals surface area contributed by atoms with Gasteiger partial charge in [0.05, 0.1) is 0 Å². The van der Waals surface area contributed by atoms with E-state index in [1.807, 2.05) is 0 Å². The van der Waals surface area contributed by atoms with E-state index < -0.39 is 21.3 Å². The fourth-order valence-electron chi connectivity index (χ4n) is 1.35. The monoisotopic (exact) mass is 243 g/mol. The highest BCUT2D eigenvalue weighted by Gasteiger charge is 2.21. The molecule has 0 N–H and O–H groups in total. The predicted octanol–water partition coefficient (Wildman–Crippen LogP) is 3.14. The van der Waals surface area contributed by atoms with Crippen molar-refractivity contribution in [2.24, 2.45) is 5.41 Å². The van der Waals surface area contributed by atoms with Crippen LogP contribution in [0.3, 0.4) is 0 Å². The van der Waals surface area contributed by atoms with E-state index in [9.17, 15) is 4.79 Å². The summed E-state index contributed by atoms with van der Waals surface area (Å²) in [6, 6.07) is 1.02. The van der Waals surface area contributed by atoms with Crippen molar-refractivity contribution in [2.75, 3.05) is 0 Å². The summed E-state index contributed by atoms with van der Waals surface area (Å²) in [6.07, 6.45) is -0.481. The van der Waals surface area contributed by atoms with Crippen LogP contribution in [0.25, 0.3) is 0 Å². The Kier molecular flexibility index (Phi) is 5.97. The highest BCUT2D eigenvalue weighted by molar-refractivity contribution is 6.50. The summed E-state index contributed by atoms with van der Waals surface area (Å²) in [6.45, 7) is 15.5. The van der Waals surface area contributed by atoms with Gasteiger partial charge in [-0.3, -0.25) is 0 Å². The van der Waals surface area contributed by atoms with Gasteiger partial charge in [-0.05, 0) is 31.9 Å². The summed E-state index contributed by atoms with van der Waals surface area (Å²) in [7, 11) is -0.923. The van der Waals surface area contributed by atoms with Crippen molar-refractivity contribution < 1.29 is 14.0 Å². The van der Waals surface area contributed by atoms with Crippen molar-refractivity contribution in [3.63, 3.8) is 0 Å². The summed E-state index contributed by atoms with van der Waals surface area (Å²) in [4.78, 5) is 11.2. The lowest BCUT2D eigenvalue weighted by molar-refractivity contribution is -0.156. The Morgan fingerprint density at radius 2 is 1.94 bits per heavy atom. The van der Waals surface area contributed by atoms with Gasteiger partial charge in [-0.15, -0.1) is 0 Å². The average molecular weight is 243 g/mol. The summed E-state index contributed by atoms with van der Waals surface area (Å²) >= 11 is 0. The van der Waals surface area contributed by atoms with E-state index in [0.717, 1.165) is 6.04 Å². The number of ether oxygens (including phenoxy) is 1. The topological polar surface area (TPSA) is 35.5 Å². The normalized spacial score (nSPS) is 13.7. The second-order valence-electron chi connectivity index (χ2n) is 5.31. The van der Waals surface area contributed by atoms with Gasteiger partial charge >= 0.3 is 5.97 Å². The van der Waals surface area contributed by atoms with Gasteiger partial charge in [-0.25, -0.2) is 4.79 Å². The molecule has 1 radical (unpaired) electrons. The first-order valence-electron chi connectivity index (χ1n) is 5.47. The highest BCUT2D eigenvalue weighted by atomic mass is 28.3. The Morgan fingerprint density at radius 3 is 2.31 bits per heavy atom. The number of esters is 1. The standard InChI is InChI=1S/C12H23O3Si/c1-9(2)11(13)14-10(3)15-16(7)8-12(4,5)6/h10H,1,8H2,2-7H3. The summed E-state index contributed by atoms with van der Waals surface area (Å²) in [5.41, 5.74) is 0.650. The van der Waals surface area contributed by atoms with E-state index in [0.29, 0.717) is 5.57 Å². The first kappa shape index (κ1) is 15.4. The van der Waals surface area contributed by atoms with Crippen LogP contribution in [-0.4, -0.2) is 21.3 Å². The van der Waals surface area contributed by atoms with Crippen molar-refractivity contribution in [3.8, 4) is 0 Å². The van der Waals surface area contributed by atoms with Gasteiger partial charge in [0.25, 0.3) is 0 Å². The molecule has 1 unspecified atom stereocenters. The van der Waals surface area contributed by atoms with Crippen LogP contribution in [-0.2, 0) is 14.0 Å². The van der Waals surface area contributed by atoms with Crippen molar-refractivity contribution in [1.82, 2.24) is 0 Å². The zero-order chi connectivity index (χ0) is 12.9. The molecule has 0 saturated carbocycles. The van der Waals surface area contributed by atoms with Crippen molar-refractivity contribution in [3.05, 3.63) is 12.2 Å². The average Bonchev–Trinajstić information content (AvgIpc) is 1.98. The molecular weight excluding hydrogens is 220 g/mol. The summed E-state index contributed by atoms with van der Waals surface area (Å²) in [5, 5.41) is 0. The molecule has 0 bridgehead atoms. The number of hydrogen-bond donors (Lipinski definition) is 0. The molecule has 0 aromatic rings. The second kappa shape index (κ2) is 6.20. The Balaban J connectivity index is 4.01. The van der Waals surface area contributed by atoms with Gasteiger partial charge in [0.2, 0.25) is 9.04 Å². The molecule has 0 saturated heterocycles. The Labute approximate surface area is 101 Å². The molecular formula is C12H23O3Si. The Morgan fingerprint density at radius 1 is 1.44 bits per heavy atom. The van der Waals surface area contributed by atoms with Crippen molar-refractivity contribution in [2.45, 2.75) is 53.5 Å². The summed E-state index contributed by atoms with van der Waals surface area (Å²) in [5.74, 6) is -0.391. The van der Waals surface area contributed by atoms with Crippen molar-refractivity contribution in [1.29, 1.82) is 0 Å². The minimum Gasteiger partial charge on any atom is -0.434 e. The quantitative estimate of drug-likeness (QED) is 0.322. The third kappa shape index (κ3) is 7.65. The first-order chi connectivity index (χ1) is 7.11. The molecule has 0 spiro atoms. The molecule has 0 fully saturated rings. The summed E-state index contributed by atoms with van der Waals surface area (Å²) < 4.78 is 10.7. The van der Waals surface area contributed by atoms with E-state index >= 15 is 0 Å². The fourth-order valence-corrected chi connectivity index (χ4v) is 3.54. The third-order valence-electron chi connectivity index (χ3n) is 1.77. The van der Waals surface area contributed by atoms with Crippen LogP contribution < -0.4 is 0 Å². The van der Waals surface area contributed by atoms with E-state index in [4.69, 9.17) is 9.16 Å². The molecule has 0 amide bonds. The number of carbonyl (C=O) groups excluding carboxylic acids is 1. The van der Waals surface area contributed by atoms with E-state index in [-0.39, 0.29) is 5.41 Å². The first-order valence-corrected chi connectivity index (χ1v) is 7.59. The van der Waals surface area contributed by atoms with Gasteiger partial charge < -0.3 is 9.16 Å². The zero-order valence-electron chi connectivity index (χ0n) is 11.2. The lowest BCUT2D eigenvalue weighted by atomic mass is 10.0. The van der Waals surface area contributed by atoms with Gasteiger partial charge in [0, 0.05) is 5.57 Å². The molecule has 16 heavy (non-hydrogen) atoms. The molecule has 0 rings (SSSR count). The van der Waals surface area contributed by atoms with Gasteiger partial charge in [0.15, 0.2) is 6.29 Å². The Hall–Kier alpha value is -0.613. The number of rotatable bonds is 5. The lowest BCUT2D eigenvalue weighted by Crippen LogP contribution is -2.28. The van der Waals surface area contributed by atoms with Gasteiger partial charge in [-0.2, -0.15) is 0 Å². The molecule has 3 nitrogen and oxygen atoms in total. The second-order valence-corrected chi connectivity index (χ2v) is 7.30. The highest BCUT2D eigenvalue weighted by Crippen LogP contribution is 2.22. The Bertz CT molecular complexity index is 255. The number of hydrogen-bond acceptors (Lipinski definition) is 3. The van der Waals surface area contributed by atoms with Gasteiger partial charge in [0.1, 0.15) is 0 Å². The molecule has 0 aromatic carbocycles. The third-order valence-corrected chi connectivity index (χ3v) is 4.06. The smallest absolute Gasteiger partial charge is 0.335 e. The maximum absolute atomic E-state index is 11.2. The van der Waals surface area contributed by atoms with Crippen molar-refractivity contribution >= 4 is 15.0 Å². The fraction of sp³-hybridized carbons (Fsp3) is 0.750. The number of carbonyl (C=O) groups is 1. The molecule has 4 heteroatoms. The van der Waals surface area contributed by atoms with Crippen LogP contribution in [0, 0.1) is 5.41 Å². The molecule has 93 valence electrons. The molecule has 0 aliphatic rings. The molecule has 0 aliphatic heterocycles. The van der Waals surface area contributed by atoms with E-state index in [2.05, 4.69) is 33.9 Å². The van der Waals surface area contributed by atoms with Crippen LogP contribution in [0.1, 0.15) is 34.6 Å². The van der Waals surface area contributed by atoms with Crippen LogP contribution >= 0.6 is 0 Å². The minimum atomic E-state index is -0.923. The lowest BCUT2D eigenvalue weighted by Gasteiger charge is -2.24. The molecule has 1 atom stereocenters. The molecule has 0 aromatic heterocycles. The maximum Gasteiger partial charge on any atom is 0.335 e.